The molecule has 1 fully saturated rings. The van der Waals surface area contributed by atoms with E-state index in [0.29, 0.717) is 11.3 Å². The van der Waals surface area contributed by atoms with Crippen LogP contribution in [0.4, 0.5) is 9.18 Å². The maximum atomic E-state index is 13.6. The van der Waals surface area contributed by atoms with Crippen molar-refractivity contribution in [1.29, 1.82) is 0 Å². The highest BCUT2D eigenvalue weighted by Crippen LogP contribution is 2.19. The standard InChI is InChI=1S/C12H12BrFN2O2S/c1-16(11(17)10-6-19-12(18)15-10)5-7-4-8(13)2-3-9(7)14/h2-4,10H,5-6H2,1H3,(H,15,18)/t10-/m1/s1. The van der Waals surface area contributed by atoms with Crippen molar-refractivity contribution in [3.05, 3.63) is 34.1 Å². The van der Waals surface area contributed by atoms with E-state index < -0.39 is 6.04 Å². The summed E-state index contributed by atoms with van der Waals surface area (Å²) in [4.78, 5) is 24.5. The predicted molar refractivity (Wildman–Crippen MR) is 75.4 cm³/mol. The van der Waals surface area contributed by atoms with E-state index in [9.17, 15) is 14.0 Å². The first-order valence-electron chi connectivity index (χ1n) is 5.59. The first-order chi connectivity index (χ1) is 8.97. The van der Waals surface area contributed by atoms with Gasteiger partial charge in [-0.15, -0.1) is 0 Å². The second-order valence-electron chi connectivity index (χ2n) is 4.23. The Morgan fingerprint density at radius 3 is 3.00 bits per heavy atom. The molecule has 1 N–H and O–H groups in total. The zero-order valence-electron chi connectivity index (χ0n) is 10.2. The number of nitrogens with one attached hydrogen (secondary N) is 1. The predicted octanol–water partition coefficient (Wildman–Crippen LogP) is 2.37. The Balaban J connectivity index is 2.04. The summed E-state index contributed by atoms with van der Waals surface area (Å²) in [6.45, 7) is 0.168. The van der Waals surface area contributed by atoms with Gasteiger partial charge >= 0.3 is 0 Å². The van der Waals surface area contributed by atoms with Crippen molar-refractivity contribution in [1.82, 2.24) is 10.2 Å². The molecule has 1 aromatic carbocycles. The van der Waals surface area contributed by atoms with Gasteiger partial charge in [0, 0.05) is 29.4 Å². The van der Waals surface area contributed by atoms with E-state index in [1.54, 1.807) is 19.2 Å². The van der Waals surface area contributed by atoms with Gasteiger partial charge in [-0.05, 0) is 18.2 Å². The van der Waals surface area contributed by atoms with E-state index in [-0.39, 0.29) is 23.5 Å². The number of hydrogen-bond donors (Lipinski definition) is 1. The molecule has 1 aliphatic rings. The molecule has 2 rings (SSSR count). The van der Waals surface area contributed by atoms with Crippen LogP contribution < -0.4 is 5.32 Å². The number of thioether (sulfide) groups is 1. The topological polar surface area (TPSA) is 49.4 Å². The van der Waals surface area contributed by atoms with Crippen LogP contribution in [0.3, 0.4) is 0 Å². The molecule has 1 atom stereocenters. The monoisotopic (exact) mass is 346 g/mol. The van der Waals surface area contributed by atoms with Crippen LogP contribution in [0, 0.1) is 5.82 Å². The van der Waals surface area contributed by atoms with Gasteiger partial charge in [0.05, 0.1) is 0 Å². The van der Waals surface area contributed by atoms with Gasteiger partial charge in [-0.1, -0.05) is 27.7 Å². The molecule has 0 spiro atoms. The van der Waals surface area contributed by atoms with Gasteiger partial charge in [0.15, 0.2) is 0 Å². The molecule has 7 heteroatoms. The number of benzene rings is 1. The van der Waals surface area contributed by atoms with Crippen LogP contribution in [0.2, 0.25) is 0 Å². The third-order valence-corrected chi connectivity index (χ3v) is 4.14. The van der Waals surface area contributed by atoms with Crippen molar-refractivity contribution in [2.24, 2.45) is 0 Å². The number of nitrogens with zero attached hydrogens (tertiary/aromatic N) is 1. The van der Waals surface area contributed by atoms with Gasteiger partial charge in [-0.2, -0.15) is 0 Å². The van der Waals surface area contributed by atoms with Crippen LogP contribution >= 0.6 is 27.7 Å². The lowest BCUT2D eigenvalue weighted by Crippen LogP contribution is -2.43. The van der Waals surface area contributed by atoms with Crippen molar-refractivity contribution in [3.63, 3.8) is 0 Å². The molecule has 1 aliphatic heterocycles. The van der Waals surface area contributed by atoms with Gasteiger partial charge in [-0.25, -0.2) is 4.39 Å². The van der Waals surface area contributed by atoms with Crippen LogP contribution in [-0.2, 0) is 11.3 Å². The number of carbonyl (C=O) groups excluding carboxylic acids is 2. The summed E-state index contributed by atoms with van der Waals surface area (Å²) in [5.41, 5.74) is 0.433. The zero-order valence-corrected chi connectivity index (χ0v) is 12.6. The van der Waals surface area contributed by atoms with Crippen LogP contribution in [0.25, 0.3) is 0 Å². The third kappa shape index (κ3) is 3.48. The lowest BCUT2D eigenvalue weighted by atomic mass is 10.2. The summed E-state index contributed by atoms with van der Waals surface area (Å²) >= 11 is 4.35. The second-order valence-corrected chi connectivity index (χ2v) is 6.13. The van der Waals surface area contributed by atoms with Crippen molar-refractivity contribution in [2.45, 2.75) is 12.6 Å². The Kier molecular flexibility index (Phi) is 4.46. The Labute approximate surface area is 122 Å². The lowest BCUT2D eigenvalue weighted by Gasteiger charge is -2.21. The average molecular weight is 347 g/mol. The van der Waals surface area contributed by atoms with Crippen LogP contribution in [-0.4, -0.2) is 34.9 Å². The number of amides is 2. The SMILES string of the molecule is CN(Cc1cc(Br)ccc1F)C(=O)[C@H]1CSC(=O)N1. The number of likely N-dealkylation sites (N-methyl/N-ethyl adjacent to an activating group) is 1. The molecule has 0 aliphatic carbocycles. The minimum Gasteiger partial charge on any atom is -0.340 e. The number of rotatable bonds is 3. The van der Waals surface area contributed by atoms with Gasteiger partial charge in [0.25, 0.3) is 5.24 Å². The second kappa shape index (κ2) is 5.92. The molecule has 102 valence electrons. The quantitative estimate of drug-likeness (QED) is 0.913. The Hall–Kier alpha value is -1.08. The lowest BCUT2D eigenvalue weighted by molar-refractivity contribution is -0.131. The van der Waals surface area contributed by atoms with E-state index >= 15 is 0 Å². The fraction of sp³-hybridized carbons (Fsp3) is 0.333. The highest BCUT2D eigenvalue weighted by Gasteiger charge is 2.30. The first-order valence-corrected chi connectivity index (χ1v) is 7.37. The Morgan fingerprint density at radius 1 is 1.63 bits per heavy atom. The molecule has 0 radical (unpaired) electrons. The van der Waals surface area contributed by atoms with E-state index in [4.69, 9.17) is 0 Å². The fourth-order valence-electron chi connectivity index (χ4n) is 1.78. The first kappa shape index (κ1) is 14.3. The van der Waals surface area contributed by atoms with Gasteiger partial charge < -0.3 is 10.2 Å². The molecule has 1 aromatic rings. The third-order valence-electron chi connectivity index (χ3n) is 2.76. The van der Waals surface area contributed by atoms with Crippen LogP contribution in [0.15, 0.2) is 22.7 Å². The zero-order chi connectivity index (χ0) is 14.0. The molecular weight excluding hydrogens is 335 g/mol. The van der Waals surface area contributed by atoms with Gasteiger partial charge in [0.1, 0.15) is 11.9 Å². The minimum absolute atomic E-state index is 0.168. The summed E-state index contributed by atoms with van der Waals surface area (Å²) in [6, 6.07) is 4.08. The summed E-state index contributed by atoms with van der Waals surface area (Å²) in [6.07, 6.45) is 0. The Bertz CT molecular complexity index is 526. The average Bonchev–Trinajstić information content (AvgIpc) is 2.79. The smallest absolute Gasteiger partial charge is 0.279 e. The maximum Gasteiger partial charge on any atom is 0.279 e. The van der Waals surface area contributed by atoms with Crippen LogP contribution in [0.5, 0.6) is 0 Å². The molecule has 1 heterocycles. The molecule has 0 unspecified atom stereocenters. The molecule has 0 bridgehead atoms. The maximum absolute atomic E-state index is 13.6. The Morgan fingerprint density at radius 2 is 2.37 bits per heavy atom. The summed E-state index contributed by atoms with van der Waals surface area (Å²) < 4.78 is 14.4. The van der Waals surface area contributed by atoms with E-state index in [0.717, 1.165) is 16.2 Å². The number of carbonyl (C=O) groups is 2. The molecule has 1 saturated heterocycles. The fourth-order valence-corrected chi connectivity index (χ4v) is 2.96. The van der Waals surface area contributed by atoms with E-state index in [1.807, 2.05) is 0 Å². The molecule has 2 amide bonds. The van der Waals surface area contributed by atoms with Gasteiger partial charge in [0.2, 0.25) is 5.91 Å². The van der Waals surface area contributed by atoms with E-state index in [2.05, 4.69) is 21.2 Å². The highest BCUT2D eigenvalue weighted by molar-refractivity contribution is 9.10. The largest absolute Gasteiger partial charge is 0.340 e. The molecule has 19 heavy (non-hydrogen) atoms. The molecule has 0 saturated carbocycles. The number of hydrogen-bond acceptors (Lipinski definition) is 3. The molecule has 0 aromatic heterocycles. The van der Waals surface area contributed by atoms with Crippen molar-refractivity contribution >= 4 is 38.8 Å². The minimum atomic E-state index is -0.516. The normalized spacial score (nSPS) is 18.3. The van der Waals surface area contributed by atoms with Crippen molar-refractivity contribution in [3.8, 4) is 0 Å². The molecular formula is C12H12BrFN2O2S. The summed E-state index contributed by atoms with van der Waals surface area (Å²) in [5, 5.41) is 2.38. The van der Waals surface area contributed by atoms with Crippen LogP contribution in [0.1, 0.15) is 5.56 Å². The van der Waals surface area contributed by atoms with E-state index in [1.165, 1.54) is 11.0 Å². The highest BCUT2D eigenvalue weighted by atomic mass is 79.9. The van der Waals surface area contributed by atoms with Gasteiger partial charge in [-0.3, -0.25) is 9.59 Å². The van der Waals surface area contributed by atoms with Crippen molar-refractivity contribution in [2.75, 3.05) is 12.8 Å². The van der Waals surface area contributed by atoms with Crippen molar-refractivity contribution < 1.29 is 14.0 Å². The molecule has 4 nitrogen and oxygen atoms in total. The summed E-state index contributed by atoms with van der Waals surface area (Å²) in [7, 11) is 1.60. The summed E-state index contributed by atoms with van der Waals surface area (Å²) in [5.74, 6) is -0.145. The number of halogens is 2.